The lowest BCUT2D eigenvalue weighted by Crippen LogP contribution is -2.36. The average molecular weight is 277 g/mol. The highest BCUT2D eigenvalue weighted by Gasteiger charge is 2.33. The van der Waals surface area contributed by atoms with Gasteiger partial charge in [0.25, 0.3) is 0 Å². The highest BCUT2D eigenvalue weighted by Crippen LogP contribution is 2.30. The summed E-state index contributed by atoms with van der Waals surface area (Å²) in [6.07, 6.45) is -0.485. The first-order valence-electron chi connectivity index (χ1n) is 4.60. The van der Waals surface area contributed by atoms with Gasteiger partial charge >= 0.3 is 0 Å². The SMILES string of the molecule is COC(C)C(C)(O)c1cc(Br)ccc1F. The van der Waals surface area contributed by atoms with E-state index in [9.17, 15) is 9.50 Å². The Labute approximate surface area is 97.2 Å². The van der Waals surface area contributed by atoms with Gasteiger partial charge in [0.1, 0.15) is 11.4 Å². The van der Waals surface area contributed by atoms with E-state index in [1.165, 1.54) is 20.1 Å². The summed E-state index contributed by atoms with van der Waals surface area (Å²) in [5.41, 5.74) is -1.12. The second-order valence-electron chi connectivity index (χ2n) is 3.65. The lowest BCUT2D eigenvalue weighted by molar-refractivity contribution is -0.0791. The first-order chi connectivity index (χ1) is 6.89. The minimum atomic E-state index is -1.34. The third-order valence-corrected chi connectivity index (χ3v) is 3.11. The zero-order valence-electron chi connectivity index (χ0n) is 8.92. The van der Waals surface area contributed by atoms with Crippen molar-refractivity contribution < 1.29 is 14.2 Å². The van der Waals surface area contributed by atoms with Crippen molar-refractivity contribution in [2.75, 3.05) is 7.11 Å². The molecule has 0 radical (unpaired) electrons. The third-order valence-electron chi connectivity index (χ3n) is 2.62. The van der Waals surface area contributed by atoms with Crippen LogP contribution in [0.1, 0.15) is 19.4 Å². The van der Waals surface area contributed by atoms with Crippen LogP contribution in [0.4, 0.5) is 4.39 Å². The molecule has 1 aromatic carbocycles. The fourth-order valence-corrected chi connectivity index (χ4v) is 1.69. The summed E-state index contributed by atoms with van der Waals surface area (Å²) in [7, 11) is 1.48. The molecule has 2 nitrogen and oxygen atoms in total. The van der Waals surface area contributed by atoms with E-state index < -0.39 is 17.5 Å². The molecule has 15 heavy (non-hydrogen) atoms. The average Bonchev–Trinajstić information content (AvgIpc) is 2.20. The Kier molecular flexibility index (Phi) is 3.87. The Bertz CT molecular complexity index is 352. The van der Waals surface area contributed by atoms with Gasteiger partial charge in [-0.3, -0.25) is 0 Å². The number of halogens is 2. The first-order valence-corrected chi connectivity index (χ1v) is 5.39. The summed E-state index contributed by atoms with van der Waals surface area (Å²) < 4.78 is 19.3. The zero-order valence-corrected chi connectivity index (χ0v) is 10.5. The van der Waals surface area contributed by atoms with Gasteiger partial charge in [0.2, 0.25) is 0 Å². The van der Waals surface area contributed by atoms with E-state index in [0.29, 0.717) is 0 Å². The summed E-state index contributed by atoms with van der Waals surface area (Å²) in [6, 6.07) is 4.47. The molecule has 0 heterocycles. The molecule has 1 N–H and O–H groups in total. The molecule has 2 unspecified atom stereocenters. The number of rotatable bonds is 3. The maximum Gasteiger partial charge on any atom is 0.129 e. The molecule has 1 rings (SSSR count). The van der Waals surface area contributed by atoms with E-state index in [-0.39, 0.29) is 5.56 Å². The van der Waals surface area contributed by atoms with E-state index in [2.05, 4.69) is 15.9 Å². The summed E-state index contributed by atoms with van der Waals surface area (Å²) >= 11 is 3.24. The van der Waals surface area contributed by atoms with Crippen LogP contribution in [0.2, 0.25) is 0 Å². The predicted molar refractivity (Wildman–Crippen MR) is 60.1 cm³/mol. The molecule has 0 spiro atoms. The Morgan fingerprint density at radius 3 is 2.67 bits per heavy atom. The van der Waals surface area contributed by atoms with E-state index in [1.807, 2.05) is 0 Å². The van der Waals surface area contributed by atoms with Crippen LogP contribution in [0.25, 0.3) is 0 Å². The minimum absolute atomic E-state index is 0.228. The van der Waals surface area contributed by atoms with Crippen molar-refractivity contribution in [1.82, 2.24) is 0 Å². The number of aliphatic hydroxyl groups is 1. The Morgan fingerprint density at radius 2 is 2.13 bits per heavy atom. The molecular weight excluding hydrogens is 263 g/mol. The van der Waals surface area contributed by atoms with Crippen LogP contribution >= 0.6 is 15.9 Å². The van der Waals surface area contributed by atoms with Crippen molar-refractivity contribution >= 4 is 15.9 Å². The summed E-state index contributed by atoms with van der Waals surface area (Å²) in [5.74, 6) is -0.438. The highest BCUT2D eigenvalue weighted by atomic mass is 79.9. The molecule has 4 heteroatoms. The zero-order chi connectivity index (χ0) is 11.6. The van der Waals surface area contributed by atoms with Gasteiger partial charge in [-0.15, -0.1) is 0 Å². The van der Waals surface area contributed by atoms with Crippen molar-refractivity contribution in [1.29, 1.82) is 0 Å². The van der Waals surface area contributed by atoms with Crippen molar-refractivity contribution in [3.05, 3.63) is 34.1 Å². The molecule has 0 aliphatic carbocycles. The van der Waals surface area contributed by atoms with Crippen LogP contribution in [0, 0.1) is 5.82 Å². The summed E-state index contributed by atoms with van der Waals surface area (Å²) in [5, 5.41) is 10.2. The van der Waals surface area contributed by atoms with Crippen molar-refractivity contribution in [3.63, 3.8) is 0 Å². The number of hydrogen-bond acceptors (Lipinski definition) is 2. The maximum atomic E-state index is 13.5. The Morgan fingerprint density at radius 1 is 1.53 bits per heavy atom. The molecule has 0 bridgehead atoms. The fraction of sp³-hybridized carbons (Fsp3) is 0.455. The topological polar surface area (TPSA) is 29.5 Å². The molecule has 0 aliphatic rings. The molecule has 0 aliphatic heterocycles. The Hall–Kier alpha value is -0.450. The largest absolute Gasteiger partial charge is 0.383 e. The standard InChI is InChI=1S/C11H14BrFO2/c1-7(15-3)11(2,14)9-6-8(12)4-5-10(9)13/h4-7,14H,1-3H3. The Balaban J connectivity index is 3.19. The van der Waals surface area contributed by atoms with Crippen molar-refractivity contribution in [3.8, 4) is 0 Å². The number of benzene rings is 1. The van der Waals surface area contributed by atoms with Gasteiger partial charge < -0.3 is 9.84 Å². The van der Waals surface area contributed by atoms with E-state index in [4.69, 9.17) is 4.74 Å². The minimum Gasteiger partial charge on any atom is -0.383 e. The van der Waals surface area contributed by atoms with Gasteiger partial charge in [-0.1, -0.05) is 15.9 Å². The van der Waals surface area contributed by atoms with Crippen LogP contribution in [0.15, 0.2) is 22.7 Å². The van der Waals surface area contributed by atoms with Crippen LogP contribution in [-0.2, 0) is 10.3 Å². The van der Waals surface area contributed by atoms with Crippen LogP contribution < -0.4 is 0 Å². The lowest BCUT2D eigenvalue weighted by Gasteiger charge is -2.30. The first kappa shape index (κ1) is 12.6. The molecule has 0 saturated heterocycles. The second-order valence-corrected chi connectivity index (χ2v) is 4.57. The van der Waals surface area contributed by atoms with E-state index in [1.54, 1.807) is 19.1 Å². The molecule has 2 atom stereocenters. The molecule has 84 valence electrons. The normalized spacial score (nSPS) is 17.2. The smallest absolute Gasteiger partial charge is 0.129 e. The molecule has 0 amide bonds. The van der Waals surface area contributed by atoms with Crippen LogP contribution in [-0.4, -0.2) is 18.3 Å². The van der Waals surface area contributed by atoms with Gasteiger partial charge in [0.15, 0.2) is 0 Å². The molecule has 1 aromatic rings. The van der Waals surface area contributed by atoms with Crippen LogP contribution in [0.3, 0.4) is 0 Å². The third kappa shape index (κ3) is 2.56. The number of methoxy groups -OCH3 is 1. The van der Waals surface area contributed by atoms with Gasteiger partial charge in [0.05, 0.1) is 6.10 Å². The van der Waals surface area contributed by atoms with E-state index >= 15 is 0 Å². The number of ether oxygens (including phenoxy) is 1. The quantitative estimate of drug-likeness (QED) is 0.920. The molecule has 0 fully saturated rings. The monoisotopic (exact) mass is 276 g/mol. The van der Waals surface area contributed by atoms with Gasteiger partial charge in [-0.2, -0.15) is 0 Å². The van der Waals surface area contributed by atoms with Crippen LogP contribution in [0.5, 0.6) is 0 Å². The highest BCUT2D eigenvalue weighted by molar-refractivity contribution is 9.10. The van der Waals surface area contributed by atoms with Gasteiger partial charge in [-0.05, 0) is 32.0 Å². The van der Waals surface area contributed by atoms with Gasteiger partial charge in [-0.25, -0.2) is 4.39 Å². The van der Waals surface area contributed by atoms with Gasteiger partial charge in [0, 0.05) is 17.1 Å². The molecule has 0 aromatic heterocycles. The lowest BCUT2D eigenvalue weighted by atomic mass is 9.90. The predicted octanol–water partition coefficient (Wildman–Crippen LogP) is 2.83. The second kappa shape index (κ2) is 4.60. The van der Waals surface area contributed by atoms with Crippen molar-refractivity contribution in [2.45, 2.75) is 25.6 Å². The van der Waals surface area contributed by atoms with Crippen molar-refractivity contribution in [2.24, 2.45) is 0 Å². The fourth-order valence-electron chi connectivity index (χ4n) is 1.33. The number of hydrogen-bond donors (Lipinski definition) is 1. The summed E-state index contributed by atoms with van der Waals surface area (Å²) in [6.45, 7) is 3.23. The molecule has 0 saturated carbocycles. The summed E-state index contributed by atoms with van der Waals surface area (Å²) in [4.78, 5) is 0. The molecular formula is C11H14BrFO2. The maximum absolute atomic E-state index is 13.5. The van der Waals surface area contributed by atoms with E-state index in [0.717, 1.165) is 4.47 Å².